The van der Waals surface area contributed by atoms with Crippen LogP contribution in [0.3, 0.4) is 0 Å². The van der Waals surface area contributed by atoms with Crippen LogP contribution in [-0.2, 0) is 4.79 Å². The molecule has 2 aromatic carbocycles. The summed E-state index contributed by atoms with van der Waals surface area (Å²) in [5.74, 6) is 1.33. The van der Waals surface area contributed by atoms with E-state index in [2.05, 4.69) is 32.2 Å². The smallest absolute Gasteiger partial charge is 0.272 e. The fraction of sp³-hybridized carbons (Fsp3) is 0.160. The predicted molar refractivity (Wildman–Crippen MR) is 124 cm³/mol. The molecule has 33 heavy (non-hydrogen) atoms. The third-order valence-electron chi connectivity index (χ3n) is 5.54. The van der Waals surface area contributed by atoms with Gasteiger partial charge < -0.3 is 10.1 Å². The zero-order valence-corrected chi connectivity index (χ0v) is 18.1. The van der Waals surface area contributed by atoms with Crippen molar-refractivity contribution in [3.63, 3.8) is 0 Å². The van der Waals surface area contributed by atoms with Crippen molar-refractivity contribution >= 4 is 11.7 Å². The van der Waals surface area contributed by atoms with Crippen LogP contribution in [0.2, 0.25) is 0 Å². The summed E-state index contributed by atoms with van der Waals surface area (Å²) in [4.78, 5) is 17.3. The van der Waals surface area contributed by atoms with Crippen molar-refractivity contribution in [2.75, 3.05) is 11.9 Å². The second kappa shape index (κ2) is 8.66. The van der Waals surface area contributed by atoms with Gasteiger partial charge >= 0.3 is 0 Å². The van der Waals surface area contributed by atoms with Crippen molar-refractivity contribution in [2.24, 2.45) is 0 Å². The third kappa shape index (κ3) is 3.98. The molecule has 3 heterocycles. The van der Waals surface area contributed by atoms with Gasteiger partial charge in [-0.3, -0.25) is 4.79 Å². The average molecular weight is 438 g/mol. The highest BCUT2D eigenvalue weighted by atomic mass is 16.5. The molecular formula is C25H22N6O2. The fourth-order valence-corrected chi connectivity index (χ4v) is 4.08. The number of anilines is 1. The molecule has 0 saturated heterocycles. The van der Waals surface area contributed by atoms with Gasteiger partial charge in [-0.15, -0.1) is 5.10 Å². The van der Waals surface area contributed by atoms with Gasteiger partial charge in [-0.05, 0) is 24.6 Å². The minimum atomic E-state index is -0.167. The van der Waals surface area contributed by atoms with E-state index in [1.807, 2.05) is 61.5 Å². The van der Waals surface area contributed by atoms with Gasteiger partial charge in [-0.1, -0.05) is 55.1 Å². The number of aryl methyl sites for hydroxylation is 1. The molecule has 1 aliphatic heterocycles. The van der Waals surface area contributed by atoms with E-state index in [0.717, 1.165) is 28.1 Å². The first kappa shape index (κ1) is 20.6. The number of hydrogen-bond donors (Lipinski definition) is 1. The molecule has 2 aromatic heterocycles. The molecular weight excluding hydrogens is 416 g/mol. The molecule has 0 saturated carbocycles. The number of benzene rings is 2. The molecule has 8 heteroatoms. The predicted octanol–water partition coefficient (Wildman–Crippen LogP) is 4.07. The van der Waals surface area contributed by atoms with Crippen LogP contribution in [0.15, 0.2) is 73.4 Å². The summed E-state index contributed by atoms with van der Waals surface area (Å²) in [6.45, 7) is 6.03. The third-order valence-corrected chi connectivity index (χ3v) is 5.54. The lowest BCUT2D eigenvalue weighted by molar-refractivity contribution is -0.116. The second-order valence-electron chi connectivity index (χ2n) is 7.74. The van der Waals surface area contributed by atoms with Crippen LogP contribution < -0.4 is 10.1 Å². The monoisotopic (exact) mass is 438 g/mol. The van der Waals surface area contributed by atoms with Crippen molar-refractivity contribution in [1.82, 2.24) is 25.0 Å². The number of rotatable bonds is 6. The summed E-state index contributed by atoms with van der Waals surface area (Å²) in [5.41, 5.74) is 4.30. The molecule has 0 fully saturated rings. The van der Waals surface area contributed by atoms with Crippen LogP contribution >= 0.6 is 0 Å². The van der Waals surface area contributed by atoms with Crippen LogP contribution in [0.4, 0.5) is 5.82 Å². The molecule has 1 atom stereocenters. The number of ether oxygens (including phenoxy) is 1. The summed E-state index contributed by atoms with van der Waals surface area (Å²) in [5, 5.41) is 15.9. The Kier molecular flexibility index (Phi) is 5.40. The summed E-state index contributed by atoms with van der Waals surface area (Å²) >= 11 is 0. The van der Waals surface area contributed by atoms with Gasteiger partial charge in [0.05, 0.1) is 17.6 Å². The zero-order chi connectivity index (χ0) is 22.8. The molecule has 0 radical (unpaired) electrons. The van der Waals surface area contributed by atoms with Gasteiger partial charge in [0.1, 0.15) is 18.2 Å². The fourth-order valence-electron chi connectivity index (χ4n) is 4.08. The van der Waals surface area contributed by atoms with Gasteiger partial charge in [-0.25, -0.2) is 4.98 Å². The van der Waals surface area contributed by atoms with E-state index < -0.39 is 0 Å². The molecule has 1 N–H and O–H groups in total. The average Bonchev–Trinajstić information content (AvgIpc) is 3.19. The maximum absolute atomic E-state index is 12.7. The Hall–Kier alpha value is -4.33. The van der Waals surface area contributed by atoms with Crippen molar-refractivity contribution in [1.29, 1.82) is 0 Å². The van der Waals surface area contributed by atoms with E-state index in [1.165, 1.54) is 0 Å². The first-order valence-electron chi connectivity index (χ1n) is 10.6. The van der Waals surface area contributed by atoms with E-state index in [1.54, 1.807) is 17.0 Å². The zero-order valence-electron chi connectivity index (χ0n) is 18.1. The van der Waals surface area contributed by atoms with Crippen LogP contribution in [-0.4, -0.2) is 37.5 Å². The van der Waals surface area contributed by atoms with Gasteiger partial charge in [0, 0.05) is 23.5 Å². The molecule has 4 aromatic rings. The maximum Gasteiger partial charge on any atom is 0.272 e. The van der Waals surface area contributed by atoms with Crippen molar-refractivity contribution in [2.45, 2.75) is 19.3 Å². The molecule has 0 aliphatic carbocycles. The Morgan fingerprint density at radius 1 is 1.21 bits per heavy atom. The molecule has 8 nitrogen and oxygen atoms in total. The normalized spacial score (nSPS) is 14.9. The van der Waals surface area contributed by atoms with E-state index >= 15 is 0 Å². The van der Waals surface area contributed by atoms with Crippen LogP contribution in [0, 0.1) is 6.92 Å². The molecule has 0 spiro atoms. The molecule has 0 unspecified atom stereocenters. The number of carbonyl (C=O) groups is 1. The Labute approximate surface area is 191 Å². The molecule has 5 rings (SSSR count). The Morgan fingerprint density at radius 3 is 2.88 bits per heavy atom. The summed E-state index contributed by atoms with van der Waals surface area (Å²) in [6, 6.07) is 17.5. The van der Waals surface area contributed by atoms with Crippen molar-refractivity contribution < 1.29 is 9.53 Å². The lowest BCUT2D eigenvalue weighted by Gasteiger charge is -2.24. The van der Waals surface area contributed by atoms with E-state index in [4.69, 9.17) is 4.74 Å². The lowest BCUT2D eigenvalue weighted by Crippen LogP contribution is -2.25. The molecule has 0 bridgehead atoms. The highest BCUT2D eigenvalue weighted by Crippen LogP contribution is 2.40. The number of nitrogens with zero attached hydrogens (tertiary/aromatic N) is 5. The summed E-state index contributed by atoms with van der Waals surface area (Å²) in [7, 11) is 0. The van der Waals surface area contributed by atoms with Crippen LogP contribution in [0.25, 0.3) is 17.2 Å². The molecule has 1 amide bonds. The van der Waals surface area contributed by atoms with Crippen molar-refractivity contribution in [3.8, 4) is 23.0 Å². The SMILES string of the molecule is C=CCOc1cccc([C@@H]2CC(=O)Nc3c2c(C)nn3-c2nncc(-c3ccccc3)n2)c1. The van der Waals surface area contributed by atoms with Gasteiger partial charge in [0.15, 0.2) is 0 Å². The summed E-state index contributed by atoms with van der Waals surface area (Å²) in [6.07, 6.45) is 3.62. The lowest BCUT2D eigenvalue weighted by atomic mass is 9.86. The number of aromatic nitrogens is 5. The van der Waals surface area contributed by atoms with E-state index in [-0.39, 0.29) is 11.8 Å². The first-order valence-corrected chi connectivity index (χ1v) is 10.6. The van der Waals surface area contributed by atoms with Gasteiger partial charge in [0.2, 0.25) is 5.91 Å². The first-order chi connectivity index (χ1) is 16.1. The number of fused-ring (bicyclic) bond motifs is 1. The largest absolute Gasteiger partial charge is 0.490 e. The van der Waals surface area contributed by atoms with E-state index in [9.17, 15) is 4.79 Å². The topological polar surface area (TPSA) is 94.8 Å². The van der Waals surface area contributed by atoms with Crippen LogP contribution in [0.1, 0.15) is 29.2 Å². The van der Waals surface area contributed by atoms with Crippen molar-refractivity contribution in [3.05, 3.63) is 90.3 Å². The van der Waals surface area contributed by atoms with E-state index in [0.29, 0.717) is 30.5 Å². The maximum atomic E-state index is 12.7. The minimum absolute atomic E-state index is 0.0989. The summed E-state index contributed by atoms with van der Waals surface area (Å²) < 4.78 is 7.26. The second-order valence-corrected chi connectivity index (χ2v) is 7.74. The molecule has 164 valence electrons. The van der Waals surface area contributed by atoms with Crippen LogP contribution in [0.5, 0.6) is 5.75 Å². The van der Waals surface area contributed by atoms with Gasteiger partial charge in [-0.2, -0.15) is 14.9 Å². The van der Waals surface area contributed by atoms with Gasteiger partial charge in [0.25, 0.3) is 5.95 Å². The Balaban J connectivity index is 1.57. The minimum Gasteiger partial charge on any atom is -0.490 e. The standard InChI is InChI=1S/C25H22N6O2/c1-3-12-33-19-11-7-10-18(13-19)20-14-22(32)28-24-23(20)16(2)30-31(24)25-27-21(15-26-29-25)17-8-5-4-6-9-17/h3-11,13,15,20H,1,12,14H2,2H3,(H,28,32)/t20-/m0/s1. The number of amides is 1. The number of carbonyl (C=O) groups excluding carboxylic acids is 1. The Morgan fingerprint density at radius 2 is 2.06 bits per heavy atom. The highest BCUT2D eigenvalue weighted by Gasteiger charge is 2.33. The number of hydrogen-bond acceptors (Lipinski definition) is 6. The quantitative estimate of drug-likeness (QED) is 0.456. The number of nitrogens with one attached hydrogen (secondary N) is 1. The highest BCUT2D eigenvalue weighted by molar-refractivity contribution is 5.95. The Bertz CT molecular complexity index is 1330. The molecule has 1 aliphatic rings.